The first-order valence-corrected chi connectivity index (χ1v) is 7.39. The number of likely N-dealkylation sites (tertiary alicyclic amines) is 1. The van der Waals surface area contributed by atoms with Gasteiger partial charge < -0.3 is 20.1 Å². The number of amides is 1. The van der Waals surface area contributed by atoms with E-state index in [1.165, 1.54) is 0 Å². The summed E-state index contributed by atoms with van der Waals surface area (Å²) in [5.74, 6) is -0.883. The standard InChI is InChI=1S/C14H24N2O4/c1-3-15-11-8-20-7-10(11)13(17)16-5-4-9(2)6-12(16)14(18)19/h9-12,15H,3-8H2,1-2H3,(H,18,19). The summed E-state index contributed by atoms with van der Waals surface area (Å²) in [6.45, 7) is 6.24. The predicted octanol–water partition coefficient (Wildman–Crippen LogP) is 0.323. The molecular weight excluding hydrogens is 260 g/mol. The summed E-state index contributed by atoms with van der Waals surface area (Å²) in [5, 5.41) is 12.6. The molecule has 2 aliphatic heterocycles. The van der Waals surface area contributed by atoms with Gasteiger partial charge in [0, 0.05) is 12.6 Å². The van der Waals surface area contributed by atoms with E-state index in [9.17, 15) is 14.7 Å². The summed E-state index contributed by atoms with van der Waals surface area (Å²) in [4.78, 5) is 25.6. The number of rotatable bonds is 4. The predicted molar refractivity (Wildman–Crippen MR) is 73.3 cm³/mol. The average molecular weight is 284 g/mol. The highest BCUT2D eigenvalue weighted by molar-refractivity contribution is 5.86. The molecule has 6 nitrogen and oxygen atoms in total. The number of carbonyl (C=O) groups excluding carboxylic acids is 1. The van der Waals surface area contributed by atoms with E-state index < -0.39 is 12.0 Å². The largest absolute Gasteiger partial charge is 0.480 e. The number of nitrogens with zero attached hydrogens (tertiary/aromatic N) is 1. The van der Waals surface area contributed by atoms with E-state index in [2.05, 4.69) is 5.32 Å². The van der Waals surface area contributed by atoms with Crippen LogP contribution in [0.1, 0.15) is 26.7 Å². The highest BCUT2D eigenvalue weighted by Crippen LogP contribution is 2.26. The quantitative estimate of drug-likeness (QED) is 0.777. The first kappa shape index (κ1) is 15.3. The van der Waals surface area contributed by atoms with Crippen LogP contribution < -0.4 is 5.32 Å². The third kappa shape index (κ3) is 3.12. The zero-order valence-corrected chi connectivity index (χ0v) is 12.2. The van der Waals surface area contributed by atoms with Gasteiger partial charge in [-0.15, -0.1) is 0 Å². The first-order valence-electron chi connectivity index (χ1n) is 7.39. The molecule has 4 unspecified atom stereocenters. The van der Waals surface area contributed by atoms with Gasteiger partial charge in [0.15, 0.2) is 0 Å². The fourth-order valence-corrected chi connectivity index (χ4v) is 3.11. The lowest BCUT2D eigenvalue weighted by molar-refractivity contribution is -0.155. The summed E-state index contributed by atoms with van der Waals surface area (Å²) in [6, 6.07) is -0.685. The number of piperidine rings is 1. The highest BCUT2D eigenvalue weighted by atomic mass is 16.5. The monoisotopic (exact) mass is 284 g/mol. The Morgan fingerprint density at radius 1 is 1.40 bits per heavy atom. The molecule has 0 aromatic heterocycles. The van der Waals surface area contributed by atoms with Crippen LogP contribution in [0.5, 0.6) is 0 Å². The summed E-state index contributed by atoms with van der Waals surface area (Å²) >= 11 is 0. The Labute approximate surface area is 119 Å². The lowest BCUT2D eigenvalue weighted by Crippen LogP contribution is -2.54. The second-order valence-corrected chi connectivity index (χ2v) is 5.82. The van der Waals surface area contributed by atoms with Crippen molar-refractivity contribution < 1.29 is 19.4 Å². The normalized spacial score (nSPS) is 34.2. The minimum atomic E-state index is -0.899. The van der Waals surface area contributed by atoms with Crippen LogP contribution in [0.3, 0.4) is 0 Å². The van der Waals surface area contributed by atoms with Gasteiger partial charge >= 0.3 is 5.97 Å². The van der Waals surface area contributed by atoms with Gasteiger partial charge in [0.05, 0.1) is 19.1 Å². The molecule has 20 heavy (non-hydrogen) atoms. The van der Waals surface area contributed by atoms with E-state index in [4.69, 9.17) is 4.74 Å². The van der Waals surface area contributed by atoms with Crippen molar-refractivity contribution in [2.45, 2.75) is 38.8 Å². The van der Waals surface area contributed by atoms with Crippen molar-refractivity contribution in [1.29, 1.82) is 0 Å². The van der Waals surface area contributed by atoms with E-state index in [0.29, 0.717) is 32.1 Å². The number of carboxylic acid groups (broad SMARTS) is 1. The number of carboxylic acids is 1. The Kier molecular flexibility index (Phi) is 4.99. The molecule has 0 bridgehead atoms. The lowest BCUT2D eigenvalue weighted by Gasteiger charge is -2.38. The molecule has 0 aromatic rings. The Hall–Kier alpha value is -1.14. The Morgan fingerprint density at radius 2 is 2.15 bits per heavy atom. The average Bonchev–Trinajstić information content (AvgIpc) is 2.86. The topological polar surface area (TPSA) is 78.9 Å². The Balaban J connectivity index is 2.08. The smallest absolute Gasteiger partial charge is 0.326 e. The highest BCUT2D eigenvalue weighted by Gasteiger charge is 2.41. The number of nitrogens with one attached hydrogen (secondary N) is 1. The molecule has 2 saturated heterocycles. The zero-order chi connectivity index (χ0) is 14.7. The maximum absolute atomic E-state index is 12.6. The number of likely N-dealkylation sites (N-methyl/N-ethyl adjacent to an activating group) is 1. The zero-order valence-electron chi connectivity index (χ0n) is 12.2. The van der Waals surface area contributed by atoms with Gasteiger partial charge in [0.25, 0.3) is 0 Å². The van der Waals surface area contributed by atoms with Gasteiger partial charge in [-0.3, -0.25) is 4.79 Å². The fourth-order valence-electron chi connectivity index (χ4n) is 3.11. The van der Waals surface area contributed by atoms with E-state index in [-0.39, 0.29) is 17.9 Å². The van der Waals surface area contributed by atoms with Crippen molar-refractivity contribution in [2.24, 2.45) is 11.8 Å². The van der Waals surface area contributed by atoms with E-state index in [0.717, 1.165) is 13.0 Å². The van der Waals surface area contributed by atoms with Crippen LogP contribution in [0.2, 0.25) is 0 Å². The van der Waals surface area contributed by atoms with Gasteiger partial charge in [0.2, 0.25) is 5.91 Å². The van der Waals surface area contributed by atoms with Crippen LogP contribution in [0.4, 0.5) is 0 Å². The second kappa shape index (κ2) is 6.54. The third-order valence-electron chi connectivity index (χ3n) is 4.30. The summed E-state index contributed by atoms with van der Waals surface area (Å²) in [7, 11) is 0. The van der Waals surface area contributed by atoms with Crippen LogP contribution in [0, 0.1) is 11.8 Å². The molecule has 2 N–H and O–H groups in total. The number of carbonyl (C=O) groups is 2. The number of hydrogen-bond acceptors (Lipinski definition) is 4. The maximum atomic E-state index is 12.6. The lowest BCUT2D eigenvalue weighted by atomic mass is 9.90. The molecule has 2 aliphatic rings. The molecule has 0 saturated carbocycles. The van der Waals surface area contributed by atoms with Crippen LogP contribution >= 0.6 is 0 Å². The Morgan fingerprint density at radius 3 is 2.80 bits per heavy atom. The van der Waals surface area contributed by atoms with Crippen molar-refractivity contribution in [3.8, 4) is 0 Å². The summed E-state index contributed by atoms with van der Waals surface area (Å²) < 4.78 is 5.39. The third-order valence-corrected chi connectivity index (χ3v) is 4.30. The molecule has 0 aliphatic carbocycles. The van der Waals surface area contributed by atoms with E-state index in [1.54, 1.807) is 4.90 Å². The summed E-state index contributed by atoms with van der Waals surface area (Å²) in [5.41, 5.74) is 0. The van der Waals surface area contributed by atoms with Crippen molar-refractivity contribution in [3.63, 3.8) is 0 Å². The minimum Gasteiger partial charge on any atom is -0.480 e. The van der Waals surface area contributed by atoms with Gasteiger partial charge in [-0.1, -0.05) is 13.8 Å². The molecule has 0 radical (unpaired) electrons. The van der Waals surface area contributed by atoms with Crippen molar-refractivity contribution >= 4 is 11.9 Å². The van der Waals surface area contributed by atoms with Crippen molar-refractivity contribution in [1.82, 2.24) is 10.2 Å². The summed E-state index contributed by atoms with van der Waals surface area (Å²) in [6.07, 6.45) is 1.41. The van der Waals surface area contributed by atoms with E-state index >= 15 is 0 Å². The van der Waals surface area contributed by atoms with Crippen LogP contribution in [0.25, 0.3) is 0 Å². The van der Waals surface area contributed by atoms with E-state index in [1.807, 2.05) is 13.8 Å². The maximum Gasteiger partial charge on any atom is 0.326 e. The molecular formula is C14H24N2O4. The molecule has 2 fully saturated rings. The molecule has 114 valence electrons. The number of aliphatic carboxylic acids is 1. The van der Waals surface area contributed by atoms with Gasteiger partial charge in [-0.2, -0.15) is 0 Å². The molecule has 1 amide bonds. The second-order valence-electron chi connectivity index (χ2n) is 5.82. The minimum absolute atomic E-state index is 0.00120. The SMILES string of the molecule is CCNC1COCC1C(=O)N1CCC(C)CC1C(=O)O. The van der Waals surface area contributed by atoms with Gasteiger partial charge in [-0.25, -0.2) is 4.79 Å². The number of hydrogen-bond donors (Lipinski definition) is 2. The van der Waals surface area contributed by atoms with Gasteiger partial charge in [-0.05, 0) is 25.3 Å². The fraction of sp³-hybridized carbons (Fsp3) is 0.857. The van der Waals surface area contributed by atoms with Crippen molar-refractivity contribution in [2.75, 3.05) is 26.3 Å². The van der Waals surface area contributed by atoms with Crippen LogP contribution in [-0.2, 0) is 14.3 Å². The molecule has 2 heterocycles. The van der Waals surface area contributed by atoms with Crippen LogP contribution in [0.15, 0.2) is 0 Å². The van der Waals surface area contributed by atoms with Gasteiger partial charge in [0.1, 0.15) is 6.04 Å². The molecule has 4 atom stereocenters. The van der Waals surface area contributed by atoms with Crippen molar-refractivity contribution in [3.05, 3.63) is 0 Å². The Bertz CT molecular complexity index is 374. The molecule has 6 heteroatoms. The molecule has 2 rings (SSSR count). The number of ether oxygens (including phenoxy) is 1. The molecule has 0 spiro atoms. The molecule has 0 aromatic carbocycles. The first-order chi connectivity index (χ1) is 9.54. The van der Waals surface area contributed by atoms with Crippen LogP contribution in [-0.4, -0.2) is 60.3 Å².